The van der Waals surface area contributed by atoms with Crippen LogP contribution in [0.4, 0.5) is 5.95 Å². The number of ketones is 1. The highest BCUT2D eigenvalue weighted by Gasteiger charge is 2.42. The molecule has 2 aliphatic rings. The summed E-state index contributed by atoms with van der Waals surface area (Å²) >= 11 is 0. The molecule has 0 amide bonds. The van der Waals surface area contributed by atoms with Crippen molar-refractivity contribution < 1.29 is 14.3 Å². The van der Waals surface area contributed by atoms with E-state index in [1.54, 1.807) is 18.9 Å². The molecule has 0 unspecified atom stereocenters. The Morgan fingerprint density at radius 1 is 1.23 bits per heavy atom. The minimum absolute atomic E-state index is 0.0970. The lowest BCUT2D eigenvalue weighted by Crippen LogP contribution is -2.36. The number of rotatable bonds is 3. The van der Waals surface area contributed by atoms with Crippen molar-refractivity contribution >= 4 is 11.7 Å². The van der Waals surface area contributed by atoms with Gasteiger partial charge in [0.2, 0.25) is 5.95 Å². The second-order valence-corrected chi connectivity index (χ2v) is 7.39. The van der Waals surface area contributed by atoms with Crippen LogP contribution in [0, 0.1) is 5.41 Å². The Morgan fingerprint density at radius 2 is 2.04 bits per heavy atom. The van der Waals surface area contributed by atoms with Gasteiger partial charge < -0.3 is 14.8 Å². The standard InChI is InChI=1S/C18H21N5O3/c1-18(2)8-11-14(12(24)9-18)15(23-17(19-11)20-21-22-23)10-6-5-7-13(25-3)16(10)26-4/h5-7,15H,8-9H2,1-4H3,(H,19,20,22)/t15-/m1/s1. The van der Waals surface area contributed by atoms with Gasteiger partial charge in [0.05, 0.1) is 14.2 Å². The molecule has 0 saturated carbocycles. The second-order valence-electron chi connectivity index (χ2n) is 7.39. The third-order valence-electron chi connectivity index (χ3n) is 4.92. The molecule has 2 heterocycles. The van der Waals surface area contributed by atoms with Crippen molar-refractivity contribution in [1.29, 1.82) is 0 Å². The van der Waals surface area contributed by atoms with Gasteiger partial charge in [-0.25, -0.2) is 0 Å². The van der Waals surface area contributed by atoms with Gasteiger partial charge >= 0.3 is 0 Å². The topological polar surface area (TPSA) is 91.2 Å². The van der Waals surface area contributed by atoms with Gasteiger partial charge in [-0.05, 0) is 28.3 Å². The number of aromatic nitrogens is 4. The monoisotopic (exact) mass is 355 g/mol. The number of hydrogen-bond donors (Lipinski definition) is 1. The van der Waals surface area contributed by atoms with Crippen LogP contribution < -0.4 is 14.8 Å². The van der Waals surface area contributed by atoms with Gasteiger partial charge in [0.15, 0.2) is 17.3 Å². The van der Waals surface area contributed by atoms with Gasteiger partial charge in [-0.1, -0.05) is 31.1 Å². The fraction of sp³-hybridized carbons (Fsp3) is 0.444. The van der Waals surface area contributed by atoms with Crippen LogP contribution >= 0.6 is 0 Å². The second kappa shape index (κ2) is 5.82. The number of Topliss-reactive ketones (excluding diaryl/α,β-unsaturated/α-hetero) is 1. The lowest BCUT2D eigenvalue weighted by atomic mass is 9.73. The maximum Gasteiger partial charge on any atom is 0.248 e. The minimum Gasteiger partial charge on any atom is -0.493 e. The van der Waals surface area contributed by atoms with Gasteiger partial charge in [-0.2, -0.15) is 4.68 Å². The summed E-state index contributed by atoms with van der Waals surface area (Å²) in [5.74, 6) is 1.79. The molecule has 1 N–H and O–H groups in total. The third-order valence-corrected chi connectivity index (χ3v) is 4.92. The molecule has 4 rings (SSSR count). The van der Waals surface area contributed by atoms with E-state index < -0.39 is 6.04 Å². The number of carbonyl (C=O) groups is 1. The van der Waals surface area contributed by atoms with Crippen LogP contribution in [0.25, 0.3) is 0 Å². The van der Waals surface area contributed by atoms with Crippen LogP contribution in [0.2, 0.25) is 0 Å². The maximum atomic E-state index is 13.1. The number of benzene rings is 1. The van der Waals surface area contributed by atoms with Gasteiger partial charge in [0, 0.05) is 23.3 Å². The molecule has 1 aromatic carbocycles. The molecule has 26 heavy (non-hydrogen) atoms. The highest BCUT2D eigenvalue weighted by molar-refractivity contribution is 6.00. The van der Waals surface area contributed by atoms with E-state index in [-0.39, 0.29) is 11.2 Å². The number of tetrazole rings is 1. The summed E-state index contributed by atoms with van der Waals surface area (Å²) in [4.78, 5) is 13.1. The largest absolute Gasteiger partial charge is 0.493 e. The predicted octanol–water partition coefficient (Wildman–Crippen LogP) is 2.35. The van der Waals surface area contributed by atoms with E-state index in [9.17, 15) is 4.79 Å². The van der Waals surface area contributed by atoms with E-state index in [4.69, 9.17) is 9.47 Å². The van der Waals surface area contributed by atoms with E-state index >= 15 is 0 Å². The predicted molar refractivity (Wildman–Crippen MR) is 94.2 cm³/mol. The highest BCUT2D eigenvalue weighted by atomic mass is 16.5. The zero-order chi connectivity index (χ0) is 18.5. The Hall–Kier alpha value is -2.90. The zero-order valence-electron chi connectivity index (χ0n) is 15.2. The van der Waals surface area contributed by atoms with Crippen molar-refractivity contribution in [2.75, 3.05) is 19.5 Å². The average molecular weight is 355 g/mol. The first kappa shape index (κ1) is 16.6. The molecule has 1 atom stereocenters. The molecule has 2 aromatic rings. The number of anilines is 1. The van der Waals surface area contributed by atoms with Crippen LogP contribution in [0.5, 0.6) is 11.5 Å². The summed E-state index contributed by atoms with van der Waals surface area (Å²) in [7, 11) is 3.18. The van der Waals surface area contributed by atoms with Crippen LogP contribution in [0.15, 0.2) is 29.5 Å². The van der Waals surface area contributed by atoms with E-state index in [0.717, 1.165) is 17.7 Å². The molecular weight excluding hydrogens is 334 g/mol. The molecule has 136 valence electrons. The smallest absolute Gasteiger partial charge is 0.248 e. The first-order valence-corrected chi connectivity index (χ1v) is 8.47. The Balaban J connectivity index is 1.95. The first-order valence-electron chi connectivity index (χ1n) is 8.47. The van der Waals surface area contributed by atoms with Crippen LogP contribution in [0.1, 0.15) is 38.3 Å². The van der Waals surface area contributed by atoms with Gasteiger partial charge in [0.1, 0.15) is 6.04 Å². The number of ether oxygens (including phenoxy) is 2. The van der Waals surface area contributed by atoms with E-state index in [0.29, 0.717) is 29.4 Å². The number of allylic oxidation sites excluding steroid dienone is 2. The average Bonchev–Trinajstić information content (AvgIpc) is 3.06. The van der Waals surface area contributed by atoms with Crippen molar-refractivity contribution in [3.63, 3.8) is 0 Å². The number of fused-ring (bicyclic) bond motifs is 1. The Labute approximate surface area is 151 Å². The number of carbonyl (C=O) groups excluding carboxylic acids is 1. The molecule has 0 radical (unpaired) electrons. The van der Waals surface area contributed by atoms with Gasteiger partial charge in [-0.15, -0.1) is 0 Å². The normalized spacial score (nSPS) is 20.9. The zero-order valence-corrected chi connectivity index (χ0v) is 15.2. The molecule has 1 aliphatic heterocycles. The van der Waals surface area contributed by atoms with Gasteiger partial charge in [-0.3, -0.25) is 4.79 Å². The summed E-state index contributed by atoms with van der Waals surface area (Å²) in [6.07, 6.45) is 1.23. The van der Waals surface area contributed by atoms with Crippen molar-refractivity contribution in [3.8, 4) is 11.5 Å². The van der Waals surface area contributed by atoms with E-state index in [2.05, 4.69) is 34.7 Å². The van der Waals surface area contributed by atoms with E-state index in [1.807, 2.05) is 18.2 Å². The number of para-hydroxylation sites is 1. The maximum absolute atomic E-state index is 13.1. The Kier molecular flexibility index (Phi) is 3.71. The molecule has 1 aliphatic carbocycles. The highest BCUT2D eigenvalue weighted by Crippen LogP contribution is 2.47. The Bertz CT molecular complexity index is 915. The molecule has 0 spiro atoms. The summed E-state index contributed by atoms with van der Waals surface area (Å²) in [5, 5.41) is 15.2. The quantitative estimate of drug-likeness (QED) is 0.903. The molecule has 8 heteroatoms. The van der Waals surface area contributed by atoms with Crippen molar-refractivity contribution in [1.82, 2.24) is 20.2 Å². The first-order chi connectivity index (χ1) is 12.4. The van der Waals surface area contributed by atoms with Crippen LogP contribution in [0.3, 0.4) is 0 Å². The Morgan fingerprint density at radius 3 is 2.77 bits per heavy atom. The number of nitrogens with zero attached hydrogens (tertiary/aromatic N) is 4. The SMILES string of the molecule is COc1cccc([C@@H]2C3=C(CC(C)(C)CC3=O)Nc3nnnn32)c1OC. The lowest BCUT2D eigenvalue weighted by Gasteiger charge is -2.38. The minimum atomic E-state index is -0.454. The fourth-order valence-corrected chi connectivity index (χ4v) is 3.89. The molecular formula is C18H21N5O3. The number of methoxy groups -OCH3 is 2. The van der Waals surface area contributed by atoms with Crippen LogP contribution in [-0.2, 0) is 4.79 Å². The van der Waals surface area contributed by atoms with Gasteiger partial charge in [0.25, 0.3) is 0 Å². The van der Waals surface area contributed by atoms with Crippen molar-refractivity contribution in [3.05, 3.63) is 35.0 Å². The van der Waals surface area contributed by atoms with Crippen molar-refractivity contribution in [2.24, 2.45) is 5.41 Å². The molecule has 8 nitrogen and oxygen atoms in total. The fourth-order valence-electron chi connectivity index (χ4n) is 3.89. The van der Waals surface area contributed by atoms with Crippen molar-refractivity contribution in [2.45, 2.75) is 32.7 Å². The molecule has 0 bridgehead atoms. The number of nitrogens with one attached hydrogen (secondary N) is 1. The third kappa shape index (κ3) is 2.44. The molecule has 0 fully saturated rings. The molecule has 0 saturated heterocycles. The van der Waals surface area contributed by atoms with Crippen LogP contribution in [-0.4, -0.2) is 40.2 Å². The number of hydrogen-bond acceptors (Lipinski definition) is 7. The summed E-state index contributed by atoms with van der Waals surface area (Å²) in [5.41, 5.74) is 2.25. The van der Waals surface area contributed by atoms with E-state index in [1.165, 1.54) is 0 Å². The molecule has 1 aromatic heterocycles. The summed E-state index contributed by atoms with van der Waals surface area (Å²) in [6.45, 7) is 4.18. The summed E-state index contributed by atoms with van der Waals surface area (Å²) in [6, 6.07) is 5.16. The summed E-state index contributed by atoms with van der Waals surface area (Å²) < 4.78 is 12.7. The lowest BCUT2D eigenvalue weighted by molar-refractivity contribution is -0.118.